The van der Waals surface area contributed by atoms with Gasteiger partial charge in [0.2, 0.25) is 0 Å². The maximum Gasteiger partial charge on any atom is 0.315 e. The van der Waals surface area contributed by atoms with E-state index in [-0.39, 0.29) is 0 Å². The van der Waals surface area contributed by atoms with Gasteiger partial charge in [-0.25, -0.2) is 0 Å². The van der Waals surface area contributed by atoms with Gasteiger partial charge in [0.05, 0.1) is 7.11 Å². The number of hydrogen-bond acceptors (Lipinski definition) is 3. The summed E-state index contributed by atoms with van der Waals surface area (Å²) in [5, 5.41) is 10.4. The van der Waals surface area contributed by atoms with E-state index in [2.05, 4.69) is 11.3 Å². The van der Waals surface area contributed by atoms with Crippen molar-refractivity contribution < 1.29 is 14.6 Å². The molecule has 0 saturated carbocycles. The lowest BCUT2D eigenvalue weighted by molar-refractivity contribution is -0.152. The first-order valence-electron chi connectivity index (χ1n) is 5.02. The van der Waals surface area contributed by atoms with E-state index in [4.69, 9.17) is 0 Å². The van der Waals surface area contributed by atoms with Gasteiger partial charge in [-0.1, -0.05) is 36.4 Å². The molecule has 0 radical (unpaired) electrons. The zero-order valence-electron chi connectivity index (χ0n) is 9.51. The van der Waals surface area contributed by atoms with Crippen LogP contribution in [0, 0.1) is 5.92 Å². The standard InChI is InChI=1S/C13H16O3/c1-4-11(12(14)16-3)13(2,15)10-8-6-5-7-9-10/h4-9,11,15H,1H2,2-3H3/t11-,13+/m0/s1. The molecule has 0 saturated heterocycles. The SMILES string of the molecule is C=C[C@@H](C(=O)OC)[C@](C)(O)c1ccccc1. The number of carbonyl (C=O) groups is 1. The number of methoxy groups -OCH3 is 1. The normalized spacial score (nSPS) is 15.9. The van der Waals surface area contributed by atoms with Gasteiger partial charge in [0.25, 0.3) is 0 Å². The number of esters is 1. The van der Waals surface area contributed by atoms with Gasteiger partial charge in [0.15, 0.2) is 0 Å². The fraction of sp³-hybridized carbons (Fsp3) is 0.308. The highest BCUT2D eigenvalue weighted by Crippen LogP contribution is 2.30. The summed E-state index contributed by atoms with van der Waals surface area (Å²) in [5.41, 5.74) is -0.652. The van der Waals surface area contributed by atoms with Crippen LogP contribution in [0.5, 0.6) is 0 Å². The Morgan fingerprint density at radius 1 is 1.50 bits per heavy atom. The Morgan fingerprint density at radius 3 is 2.50 bits per heavy atom. The average molecular weight is 220 g/mol. The number of rotatable bonds is 4. The molecule has 0 aromatic heterocycles. The van der Waals surface area contributed by atoms with E-state index < -0.39 is 17.5 Å². The molecule has 0 spiro atoms. The number of benzene rings is 1. The van der Waals surface area contributed by atoms with Crippen LogP contribution in [0.3, 0.4) is 0 Å². The molecule has 0 heterocycles. The van der Waals surface area contributed by atoms with Gasteiger partial charge >= 0.3 is 5.97 Å². The molecule has 3 nitrogen and oxygen atoms in total. The molecule has 3 heteroatoms. The molecular formula is C13H16O3. The largest absolute Gasteiger partial charge is 0.468 e. The number of hydrogen-bond donors (Lipinski definition) is 1. The van der Waals surface area contributed by atoms with E-state index in [0.29, 0.717) is 5.56 Å². The Kier molecular flexibility index (Phi) is 3.85. The van der Waals surface area contributed by atoms with E-state index in [9.17, 15) is 9.90 Å². The highest BCUT2D eigenvalue weighted by Gasteiger charge is 2.37. The summed E-state index contributed by atoms with van der Waals surface area (Å²) in [6, 6.07) is 8.99. The zero-order chi connectivity index (χ0) is 12.2. The van der Waals surface area contributed by atoms with Gasteiger partial charge in [-0.3, -0.25) is 4.79 Å². The van der Waals surface area contributed by atoms with Gasteiger partial charge < -0.3 is 9.84 Å². The minimum absolute atomic E-state index is 0.496. The Bertz CT molecular complexity index is 368. The van der Waals surface area contributed by atoms with E-state index in [1.165, 1.54) is 13.2 Å². The first kappa shape index (κ1) is 12.5. The van der Waals surface area contributed by atoms with Gasteiger partial charge in [0, 0.05) is 0 Å². The van der Waals surface area contributed by atoms with Crippen molar-refractivity contribution in [1.82, 2.24) is 0 Å². The van der Waals surface area contributed by atoms with Crippen molar-refractivity contribution in [2.24, 2.45) is 5.92 Å². The Morgan fingerprint density at radius 2 is 2.06 bits per heavy atom. The van der Waals surface area contributed by atoms with Crippen molar-refractivity contribution in [2.75, 3.05) is 7.11 Å². The predicted molar refractivity (Wildman–Crippen MR) is 61.7 cm³/mol. The van der Waals surface area contributed by atoms with E-state index >= 15 is 0 Å². The van der Waals surface area contributed by atoms with E-state index in [1.807, 2.05) is 6.07 Å². The van der Waals surface area contributed by atoms with E-state index in [1.54, 1.807) is 31.2 Å². The van der Waals surface area contributed by atoms with Crippen LogP contribution in [0.2, 0.25) is 0 Å². The molecule has 0 amide bonds. The van der Waals surface area contributed by atoms with Crippen molar-refractivity contribution in [1.29, 1.82) is 0 Å². The van der Waals surface area contributed by atoms with Gasteiger partial charge in [0.1, 0.15) is 11.5 Å². The number of carbonyl (C=O) groups excluding carboxylic acids is 1. The molecule has 0 fully saturated rings. The maximum atomic E-state index is 11.5. The van der Waals surface area contributed by atoms with Crippen LogP contribution >= 0.6 is 0 Å². The highest BCUT2D eigenvalue weighted by atomic mass is 16.5. The Hall–Kier alpha value is -1.61. The topological polar surface area (TPSA) is 46.5 Å². The third kappa shape index (κ3) is 2.31. The summed E-state index contributed by atoms with van der Waals surface area (Å²) >= 11 is 0. The van der Waals surface area contributed by atoms with Crippen LogP contribution in [0.25, 0.3) is 0 Å². The fourth-order valence-electron chi connectivity index (χ4n) is 1.64. The first-order chi connectivity index (χ1) is 7.54. The van der Waals surface area contributed by atoms with Gasteiger partial charge in [-0.2, -0.15) is 0 Å². The smallest absolute Gasteiger partial charge is 0.315 e. The van der Waals surface area contributed by atoms with Crippen molar-refractivity contribution in [3.63, 3.8) is 0 Å². The quantitative estimate of drug-likeness (QED) is 0.622. The second kappa shape index (κ2) is 4.94. The van der Waals surface area contributed by atoms with Crippen molar-refractivity contribution in [3.05, 3.63) is 48.6 Å². The summed E-state index contributed by atoms with van der Waals surface area (Å²) in [6.07, 6.45) is 1.40. The first-order valence-corrected chi connectivity index (χ1v) is 5.02. The van der Waals surface area contributed by atoms with Gasteiger partial charge in [-0.05, 0) is 12.5 Å². The molecule has 2 atom stereocenters. The van der Waals surface area contributed by atoms with Crippen LogP contribution in [-0.2, 0) is 15.1 Å². The molecule has 1 aromatic rings. The van der Waals surface area contributed by atoms with Crippen LogP contribution < -0.4 is 0 Å². The summed E-state index contributed by atoms with van der Waals surface area (Å²) < 4.78 is 4.64. The average Bonchev–Trinajstić information content (AvgIpc) is 2.30. The number of ether oxygens (including phenoxy) is 1. The molecule has 1 rings (SSSR count). The molecule has 1 aromatic carbocycles. The Labute approximate surface area is 95.4 Å². The summed E-state index contributed by atoms with van der Waals surface area (Å²) in [4.78, 5) is 11.5. The number of aliphatic hydroxyl groups is 1. The van der Waals surface area contributed by atoms with Crippen molar-refractivity contribution in [2.45, 2.75) is 12.5 Å². The van der Waals surface area contributed by atoms with Crippen LogP contribution in [-0.4, -0.2) is 18.2 Å². The lowest BCUT2D eigenvalue weighted by Crippen LogP contribution is -2.36. The third-order valence-electron chi connectivity index (χ3n) is 2.65. The molecule has 0 bridgehead atoms. The summed E-state index contributed by atoms with van der Waals surface area (Å²) in [6.45, 7) is 5.14. The molecule has 86 valence electrons. The molecule has 0 unspecified atom stereocenters. The molecular weight excluding hydrogens is 204 g/mol. The minimum atomic E-state index is -1.31. The lowest BCUT2D eigenvalue weighted by Gasteiger charge is -2.29. The van der Waals surface area contributed by atoms with Crippen molar-refractivity contribution in [3.8, 4) is 0 Å². The Balaban J connectivity index is 3.08. The predicted octanol–water partition coefficient (Wildman–Crippen LogP) is 1.87. The van der Waals surface area contributed by atoms with E-state index in [0.717, 1.165) is 0 Å². The molecule has 0 aliphatic heterocycles. The van der Waals surface area contributed by atoms with Crippen LogP contribution in [0.1, 0.15) is 12.5 Å². The molecule has 0 aliphatic rings. The van der Waals surface area contributed by atoms with Gasteiger partial charge in [-0.15, -0.1) is 6.58 Å². The van der Waals surface area contributed by atoms with Crippen molar-refractivity contribution >= 4 is 5.97 Å². The van der Waals surface area contributed by atoms with Crippen LogP contribution in [0.4, 0.5) is 0 Å². The second-order valence-electron chi connectivity index (χ2n) is 3.75. The maximum absolute atomic E-state index is 11.5. The minimum Gasteiger partial charge on any atom is -0.468 e. The fourth-order valence-corrected chi connectivity index (χ4v) is 1.64. The second-order valence-corrected chi connectivity index (χ2v) is 3.75. The molecule has 0 aliphatic carbocycles. The highest BCUT2D eigenvalue weighted by molar-refractivity contribution is 5.76. The third-order valence-corrected chi connectivity index (χ3v) is 2.65. The zero-order valence-corrected chi connectivity index (χ0v) is 9.51. The summed E-state index contributed by atoms with van der Waals surface area (Å²) in [7, 11) is 1.29. The lowest BCUT2D eigenvalue weighted by atomic mass is 9.83. The molecule has 1 N–H and O–H groups in total. The monoisotopic (exact) mass is 220 g/mol. The molecule has 16 heavy (non-hydrogen) atoms. The van der Waals surface area contributed by atoms with Crippen LogP contribution in [0.15, 0.2) is 43.0 Å². The summed E-state index contributed by atoms with van der Waals surface area (Å²) in [5.74, 6) is -1.27.